The molecule has 0 atom stereocenters. The third-order valence-electron chi connectivity index (χ3n) is 5.56. The van der Waals surface area contributed by atoms with Crippen LogP contribution < -0.4 is 15.6 Å². The second kappa shape index (κ2) is 12.4. The molecule has 0 saturated carbocycles. The van der Waals surface area contributed by atoms with Crippen LogP contribution in [0.2, 0.25) is 0 Å². The van der Waals surface area contributed by atoms with Gasteiger partial charge in [0.15, 0.2) is 0 Å². The van der Waals surface area contributed by atoms with E-state index in [1.807, 2.05) is 24.3 Å². The Bertz CT molecular complexity index is 1120. The minimum absolute atomic E-state index is 0.105. The first-order chi connectivity index (χ1) is 16.8. The molecular weight excluding hydrogens is 470 g/mol. The van der Waals surface area contributed by atoms with Gasteiger partial charge in [-0.2, -0.15) is 9.41 Å². The van der Waals surface area contributed by atoms with Crippen molar-refractivity contribution in [2.75, 3.05) is 50.8 Å². The van der Waals surface area contributed by atoms with Gasteiger partial charge in [-0.3, -0.25) is 9.59 Å². The number of rotatable bonds is 10. The summed E-state index contributed by atoms with van der Waals surface area (Å²) >= 11 is 0. The van der Waals surface area contributed by atoms with Crippen molar-refractivity contribution in [3.05, 3.63) is 59.7 Å². The van der Waals surface area contributed by atoms with Gasteiger partial charge < -0.3 is 15.0 Å². The van der Waals surface area contributed by atoms with Gasteiger partial charge in [-0.05, 0) is 55.8 Å². The Hall–Kier alpha value is -3.28. The van der Waals surface area contributed by atoms with E-state index in [4.69, 9.17) is 4.74 Å². The number of amides is 2. The Morgan fingerprint density at radius 2 is 1.66 bits per heavy atom. The lowest BCUT2D eigenvalue weighted by Gasteiger charge is -2.26. The summed E-state index contributed by atoms with van der Waals surface area (Å²) in [7, 11) is -3.63. The first kappa shape index (κ1) is 26.3. The van der Waals surface area contributed by atoms with Crippen LogP contribution in [-0.2, 0) is 19.6 Å². The minimum Gasteiger partial charge on any atom is -0.379 e. The van der Waals surface area contributed by atoms with Gasteiger partial charge in [-0.25, -0.2) is 13.8 Å². The summed E-state index contributed by atoms with van der Waals surface area (Å²) in [4.78, 5) is 26.7. The number of carbonyl (C=O) groups excluding carboxylic acids is 2. The van der Waals surface area contributed by atoms with Gasteiger partial charge in [0.2, 0.25) is 10.0 Å². The zero-order valence-corrected chi connectivity index (χ0v) is 20.8. The SMILES string of the molecule is CCN(CC)c1ccc(/C=N/NC(=O)CNC(=O)c2ccc(S(=O)(=O)N3CCOCC3)cc2)cc1. The van der Waals surface area contributed by atoms with E-state index in [-0.39, 0.29) is 17.0 Å². The van der Waals surface area contributed by atoms with Crippen LogP contribution in [-0.4, -0.2) is 76.7 Å². The van der Waals surface area contributed by atoms with E-state index in [0.29, 0.717) is 26.3 Å². The van der Waals surface area contributed by atoms with Crippen molar-refractivity contribution in [3.63, 3.8) is 0 Å². The molecule has 188 valence electrons. The maximum Gasteiger partial charge on any atom is 0.259 e. The number of anilines is 1. The van der Waals surface area contributed by atoms with Crippen LogP contribution in [0, 0.1) is 0 Å². The zero-order chi connectivity index (χ0) is 25.3. The number of sulfonamides is 1. The van der Waals surface area contributed by atoms with Crippen molar-refractivity contribution in [2.24, 2.45) is 5.10 Å². The molecule has 3 rings (SSSR count). The fraction of sp³-hybridized carbons (Fsp3) is 0.375. The Morgan fingerprint density at radius 3 is 2.26 bits per heavy atom. The summed E-state index contributed by atoms with van der Waals surface area (Å²) in [5, 5.41) is 6.42. The molecule has 2 amide bonds. The number of ether oxygens (including phenoxy) is 1. The highest BCUT2D eigenvalue weighted by Gasteiger charge is 2.26. The highest BCUT2D eigenvalue weighted by Crippen LogP contribution is 2.18. The lowest BCUT2D eigenvalue weighted by atomic mass is 10.2. The van der Waals surface area contributed by atoms with Crippen molar-refractivity contribution in [2.45, 2.75) is 18.7 Å². The highest BCUT2D eigenvalue weighted by molar-refractivity contribution is 7.89. The van der Waals surface area contributed by atoms with E-state index in [1.54, 1.807) is 0 Å². The smallest absolute Gasteiger partial charge is 0.259 e. The van der Waals surface area contributed by atoms with Crippen molar-refractivity contribution in [3.8, 4) is 0 Å². The molecule has 0 bridgehead atoms. The van der Waals surface area contributed by atoms with E-state index in [2.05, 4.69) is 34.6 Å². The number of hydrogen-bond acceptors (Lipinski definition) is 7. The average Bonchev–Trinajstić information content (AvgIpc) is 2.89. The van der Waals surface area contributed by atoms with Gasteiger partial charge in [0.1, 0.15) is 0 Å². The van der Waals surface area contributed by atoms with Crippen molar-refractivity contribution >= 4 is 33.7 Å². The maximum absolute atomic E-state index is 12.7. The Kier molecular flexibility index (Phi) is 9.35. The first-order valence-corrected chi connectivity index (χ1v) is 12.9. The second-order valence-electron chi connectivity index (χ2n) is 7.78. The van der Waals surface area contributed by atoms with Crippen molar-refractivity contribution in [1.82, 2.24) is 15.0 Å². The third kappa shape index (κ3) is 7.10. The monoisotopic (exact) mass is 501 g/mol. The number of carbonyl (C=O) groups is 2. The quantitative estimate of drug-likeness (QED) is 0.375. The Labute approximate surface area is 206 Å². The number of morpholine rings is 1. The molecule has 1 aliphatic heterocycles. The molecule has 0 aromatic heterocycles. The number of hydrogen-bond donors (Lipinski definition) is 2. The molecule has 0 unspecified atom stereocenters. The van der Waals surface area contributed by atoms with Crippen LogP contribution in [0.5, 0.6) is 0 Å². The largest absolute Gasteiger partial charge is 0.379 e. The number of hydrazone groups is 1. The molecule has 1 aliphatic rings. The zero-order valence-electron chi connectivity index (χ0n) is 19.9. The average molecular weight is 502 g/mol. The van der Waals surface area contributed by atoms with E-state index < -0.39 is 21.8 Å². The van der Waals surface area contributed by atoms with Gasteiger partial charge in [-0.1, -0.05) is 12.1 Å². The molecule has 1 saturated heterocycles. The topological polar surface area (TPSA) is 120 Å². The third-order valence-corrected chi connectivity index (χ3v) is 7.47. The van der Waals surface area contributed by atoms with Crippen LogP contribution >= 0.6 is 0 Å². The molecule has 0 spiro atoms. The van der Waals surface area contributed by atoms with Crippen LogP contribution in [0.3, 0.4) is 0 Å². The number of benzene rings is 2. The molecule has 0 aliphatic carbocycles. The molecule has 1 heterocycles. The minimum atomic E-state index is -3.63. The van der Waals surface area contributed by atoms with Gasteiger partial charge in [0.05, 0.1) is 30.9 Å². The van der Waals surface area contributed by atoms with Crippen molar-refractivity contribution < 1.29 is 22.7 Å². The van der Waals surface area contributed by atoms with Crippen LogP contribution in [0.25, 0.3) is 0 Å². The van der Waals surface area contributed by atoms with E-state index >= 15 is 0 Å². The van der Waals surface area contributed by atoms with Gasteiger partial charge >= 0.3 is 0 Å². The predicted octanol–water partition coefficient (Wildman–Crippen LogP) is 1.43. The molecular formula is C24H31N5O5S. The summed E-state index contributed by atoms with van der Waals surface area (Å²) in [6, 6.07) is 13.4. The molecule has 2 aromatic rings. The summed E-state index contributed by atoms with van der Waals surface area (Å²) < 4.78 is 31.9. The first-order valence-electron chi connectivity index (χ1n) is 11.5. The van der Waals surface area contributed by atoms with Crippen LogP contribution in [0.1, 0.15) is 29.8 Å². The summed E-state index contributed by atoms with van der Waals surface area (Å²) in [6.07, 6.45) is 1.53. The summed E-state index contributed by atoms with van der Waals surface area (Å²) in [6.45, 7) is 7.06. The fourth-order valence-electron chi connectivity index (χ4n) is 3.56. The summed E-state index contributed by atoms with van der Waals surface area (Å²) in [5.74, 6) is -0.979. The highest BCUT2D eigenvalue weighted by atomic mass is 32.2. The lowest BCUT2D eigenvalue weighted by molar-refractivity contribution is -0.120. The van der Waals surface area contributed by atoms with E-state index in [9.17, 15) is 18.0 Å². The predicted molar refractivity (Wildman–Crippen MR) is 134 cm³/mol. The van der Waals surface area contributed by atoms with Gasteiger partial charge in [-0.15, -0.1) is 0 Å². The molecule has 1 fully saturated rings. The van der Waals surface area contributed by atoms with Crippen molar-refractivity contribution in [1.29, 1.82) is 0 Å². The maximum atomic E-state index is 12.7. The molecule has 35 heavy (non-hydrogen) atoms. The number of nitrogens with one attached hydrogen (secondary N) is 2. The fourth-order valence-corrected chi connectivity index (χ4v) is 4.96. The molecule has 11 heteroatoms. The lowest BCUT2D eigenvalue weighted by Crippen LogP contribution is -2.40. The Morgan fingerprint density at radius 1 is 1.03 bits per heavy atom. The van der Waals surface area contributed by atoms with E-state index in [0.717, 1.165) is 24.3 Å². The van der Waals surface area contributed by atoms with Crippen LogP contribution in [0.4, 0.5) is 5.69 Å². The summed E-state index contributed by atoms with van der Waals surface area (Å²) in [5.41, 5.74) is 4.57. The Balaban J connectivity index is 1.47. The van der Waals surface area contributed by atoms with Crippen LogP contribution in [0.15, 0.2) is 58.5 Å². The molecule has 10 nitrogen and oxygen atoms in total. The molecule has 0 radical (unpaired) electrons. The van der Waals surface area contributed by atoms with E-state index in [1.165, 1.54) is 34.8 Å². The second-order valence-corrected chi connectivity index (χ2v) is 9.72. The number of nitrogens with zero attached hydrogens (tertiary/aromatic N) is 3. The van der Waals surface area contributed by atoms with Gasteiger partial charge in [0, 0.05) is 37.4 Å². The standard InChI is InChI=1S/C24H31N5O5S/c1-3-28(4-2)21-9-5-19(6-10-21)17-26-27-23(30)18-25-24(31)20-7-11-22(12-8-20)35(32,33)29-13-15-34-16-14-29/h5-12,17H,3-4,13-16,18H2,1-2H3,(H,25,31)(H,27,30)/b26-17+. The normalized spacial score (nSPS) is 14.6. The molecule has 2 N–H and O–H groups in total. The van der Waals surface area contributed by atoms with Gasteiger partial charge in [0.25, 0.3) is 11.8 Å². The molecule has 2 aromatic carbocycles.